The lowest BCUT2D eigenvalue weighted by Crippen LogP contribution is -2.48. The fourth-order valence-electron chi connectivity index (χ4n) is 2.12. The SMILES string of the molecule is CCOc1ccc(C(=O)N[C@H](C(=O)O[C@H](C)C(=O)NC(N)=O)C(C)C)cc1. The van der Waals surface area contributed by atoms with Gasteiger partial charge in [0.25, 0.3) is 11.8 Å². The van der Waals surface area contributed by atoms with Gasteiger partial charge in [-0.25, -0.2) is 9.59 Å². The third kappa shape index (κ3) is 6.96. The Kier molecular flexibility index (Phi) is 8.25. The molecule has 0 fully saturated rings. The molecule has 2 atom stereocenters. The summed E-state index contributed by atoms with van der Waals surface area (Å²) < 4.78 is 10.3. The van der Waals surface area contributed by atoms with E-state index in [1.807, 2.05) is 12.2 Å². The molecule has 1 rings (SSSR count). The van der Waals surface area contributed by atoms with Gasteiger partial charge in [-0.3, -0.25) is 14.9 Å². The first-order valence-corrected chi connectivity index (χ1v) is 8.50. The maximum atomic E-state index is 12.4. The minimum absolute atomic E-state index is 0.296. The van der Waals surface area contributed by atoms with Crippen LogP contribution in [0.25, 0.3) is 0 Å². The van der Waals surface area contributed by atoms with E-state index < -0.39 is 36.0 Å². The quantitative estimate of drug-likeness (QED) is 0.576. The van der Waals surface area contributed by atoms with Crippen molar-refractivity contribution in [1.29, 1.82) is 0 Å². The van der Waals surface area contributed by atoms with Gasteiger partial charge in [-0.1, -0.05) is 13.8 Å². The lowest BCUT2D eigenvalue weighted by atomic mass is 10.0. The zero-order valence-electron chi connectivity index (χ0n) is 15.8. The Morgan fingerprint density at radius 3 is 2.15 bits per heavy atom. The summed E-state index contributed by atoms with van der Waals surface area (Å²) in [6.07, 6.45) is -1.24. The second-order valence-electron chi connectivity index (χ2n) is 6.09. The molecule has 0 bridgehead atoms. The van der Waals surface area contributed by atoms with Crippen LogP contribution >= 0.6 is 0 Å². The molecule has 1 aromatic rings. The molecule has 0 radical (unpaired) electrons. The lowest BCUT2D eigenvalue weighted by molar-refractivity contribution is -0.157. The highest BCUT2D eigenvalue weighted by Gasteiger charge is 2.29. The average Bonchev–Trinajstić information content (AvgIpc) is 2.59. The maximum absolute atomic E-state index is 12.4. The van der Waals surface area contributed by atoms with Crippen LogP contribution < -0.4 is 21.1 Å². The van der Waals surface area contributed by atoms with Crippen molar-refractivity contribution in [2.45, 2.75) is 39.8 Å². The lowest BCUT2D eigenvalue weighted by Gasteiger charge is -2.22. The topological polar surface area (TPSA) is 137 Å². The molecule has 0 saturated heterocycles. The van der Waals surface area contributed by atoms with Crippen molar-refractivity contribution in [1.82, 2.24) is 10.6 Å². The Balaban J connectivity index is 2.77. The van der Waals surface area contributed by atoms with Crippen LogP contribution in [0.1, 0.15) is 38.1 Å². The van der Waals surface area contributed by atoms with Gasteiger partial charge in [-0.2, -0.15) is 0 Å². The van der Waals surface area contributed by atoms with Crippen LogP contribution in [-0.4, -0.2) is 42.6 Å². The molecule has 0 aromatic heterocycles. The Labute approximate surface area is 157 Å². The third-order valence-corrected chi connectivity index (χ3v) is 3.54. The Hall–Kier alpha value is -3.10. The first kappa shape index (κ1) is 21.9. The first-order chi connectivity index (χ1) is 12.6. The van der Waals surface area contributed by atoms with E-state index in [-0.39, 0.29) is 5.92 Å². The minimum Gasteiger partial charge on any atom is -0.494 e. The van der Waals surface area contributed by atoms with Crippen molar-refractivity contribution in [2.24, 2.45) is 11.7 Å². The number of imide groups is 1. The van der Waals surface area contributed by atoms with Gasteiger partial charge in [-0.15, -0.1) is 0 Å². The Morgan fingerprint density at radius 1 is 1.07 bits per heavy atom. The summed E-state index contributed by atoms with van der Waals surface area (Å²) in [7, 11) is 0. The second kappa shape index (κ2) is 10.1. The van der Waals surface area contributed by atoms with E-state index in [1.54, 1.807) is 38.1 Å². The molecule has 0 saturated carbocycles. The summed E-state index contributed by atoms with van der Waals surface area (Å²) in [5.41, 5.74) is 5.20. The van der Waals surface area contributed by atoms with E-state index in [4.69, 9.17) is 15.2 Å². The molecule has 9 nitrogen and oxygen atoms in total. The van der Waals surface area contributed by atoms with E-state index in [0.717, 1.165) is 0 Å². The fraction of sp³-hybridized carbons (Fsp3) is 0.444. The molecule has 0 aliphatic carbocycles. The van der Waals surface area contributed by atoms with E-state index in [9.17, 15) is 19.2 Å². The number of carbonyl (C=O) groups excluding carboxylic acids is 4. The van der Waals surface area contributed by atoms with Crippen LogP contribution in [-0.2, 0) is 14.3 Å². The van der Waals surface area contributed by atoms with Crippen LogP contribution in [0.2, 0.25) is 0 Å². The maximum Gasteiger partial charge on any atom is 0.329 e. The number of nitrogens with two attached hydrogens (primary N) is 1. The highest BCUT2D eigenvalue weighted by Crippen LogP contribution is 2.13. The summed E-state index contributed by atoms with van der Waals surface area (Å²) in [6.45, 7) is 7.09. The summed E-state index contributed by atoms with van der Waals surface area (Å²) in [5.74, 6) is -1.78. The number of ether oxygens (including phenoxy) is 2. The van der Waals surface area contributed by atoms with Crippen molar-refractivity contribution in [3.8, 4) is 5.75 Å². The number of carbonyl (C=O) groups is 4. The molecule has 0 spiro atoms. The van der Waals surface area contributed by atoms with Crippen LogP contribution in [0.3, 0.4) is 0 Å². The molecule has 0 heterocycles. The van der Waals surface area contributed by atoms with Gasteiger partial charge < -0.3 is 20.5 Å². The summed E-state index contributed by atoms with van der Waals surface area (Å²) in [5, 5.41) is 4.41. The molecule has 0 unspecified atom stereocenters. The monoisotopic (exact) mass is 379 g/mol. The Morgan fingerprint density at radius 2 is 1.67 bits per heavy atom. The predicted octanol–water partition coefficient (Wildman–Crippen LogP) is 0.966. The molecule has 4 amide bonds. The fourth-order valence-corrected chi connectivity index (χ4v) is 2.12. The molecule has 0 aliphatic rings. The summed E-state index contributed by atoms with van der Waals surface area (Å²) in [6, 6.07) is 4.42. The number of benzene rings is 1. The van der Waals surface area contributed by atoms with Crippen molar-refractivity contribution in [3.63, 3.8) is 0 Å². The van der Waals surface area contributed by atoms with E-state index >= 15 is 0 Å². The zero-order chi connectivity index (χ0) is 20.6. The molecular weight excluding hydrogens is 354 g/mol. The molecular formula is C18H25N3O6. The third-order valence-electron chi connectivity index (χ3n) is 3.54. The number of amides is 4. The zero-order valence-corrected chi connectivity index (χ0v) is 15.8. The van der Waals surface area contributed by atoms with Gasteiger partial charge >= 0.3 is 12.0 Å². The largest absolute Gasteiger partial charge is 0.494 e. The van der Waals surface area contributed by atoms with E-state index in [0.29, 0.717) is 17.9 Å². The number of rotatable bonds is 8. The van der Waals surface area contributed by atoms with Gasteiger partial charge in [0.15, 0.2) is 6.10 Å². The van der Waals surface area contributed by atoms with Crippen molar-refractivity contribution in [2.75, 3.05) is 6.61 Å². The number of nitrogens with one attached hydrogen (secondary N) is 2. The number of hydrogen-bond acceptors (Lipinski definition) is 6. The van der Waals surface area contributed by atoms with Gasteiger partial charge in [0.05, 0.1) is 6.61 Å². The number of primary amides is 1. The predicted molar refractivity (Wildman–Crippen MR) is 97.0 cm³/mol. The molecule has 0 aliphatic heterocycles. The average molecular weight is 379 g/mol. The number of esters is 1. The van der Waals surface area contributed by atoms with E-state index in [2.05, 4.69) is 5.32 Å². The highest BCUT2D eigenvalue weighted by molar-refractivity contribution is 5.98. The second-order valence-corrected chi connectivity index (χ2v) is 6.09. The summed E-state index contributed by atoms with van der Waals surface area (Å²) >= 11 is 0. The van der Waals surface area contributed by atoms with Crippen LogP contribution in [0.4, 0.5) is 4.79 Å². The smallest absolute Gasteiger partial charge is 0.329 e. The van der Waals surface area contributed by atoms with Gasteiger partial charge in [0.1, 0.15) is 11.8 Å². The standard InChI is InChI=1S/C18H25N3O6/c1-5-26-13-8-6-12(7-9-13)16(23)20-14(10(2)3)17(24)27-11(4)15(22)21-18(19)25/h6-11,14H,5H2,1-4H3,(H,20,23)(H3,19,21,22,25)/t11-,14+/m1/s1. The summed E-state index contributed by atoms with van der Waals surface area (Å²) in [4.78, 5) is 47.1. The van der Waals surface area contributed by atoms with Crippen molar-refractivity contribution >= 4 is 23.8 Å². The van der Waals surface area contributed by atoms with Crippen LogP contribution in [0.15, 0.2) is 24.3 Å². The Bertz CT molecular complexity index is 687. The first-order valence-electron chi connectivity index (χ1n) is 8.50. The van der Waals surface area contributed by atoms with Gasteiger partial charge in [-0.05, 0) is 44.0 Å². The van der Waals surface area contributed by atoms with E-state index in [1.165, 1.54) is 6.92 Å². The van der Waals surface area contributed by atoms with Crippen LogP contribution in [0, 0.1) is 5.92 Å². The van der Waals surface area contributed by atoms with Crippen molar-refractivity contribution in [3.05, 3.63) is 29.8 Å². The molecule has 1 aromatic carbocycles. The van der Waals surface area contributed by atoms with Gasteiger partial charge in [0, 0.05) is 5.56 Å². The highest BCUT2D eigenvalue weighted by atomic mass is 16.5. The van der Waals surface area contributed by atoms with Crippen molar-refractivity contribution < 1.29 is 28.7 Å². The number of urea groups is 1. The minimum atomic E-state index is -1.24. The molecule has 148 valence electrons. The van der Waals surface area contributed by atoms with Gasteiger partial charge in [0.2, 0.25) is 0 Å². The molecule has 4 N–H and O–H groups in total. The molecule has 27 heavy (non-hydrogen) atoms. The number of hydrogen-bond donors (Lipinski definition) is 3. The van der Waals surface area contributed by atoms with Crippen LogP contribution in [0.5, 0.6) is 5.75 Å². The molecule has 9 heteroatoms. The normalized spacial score (nSPS) is 12.6.